The van der Waals surface area contributed by atoms with Crippen molar-refractivity contribution in [1.82, 2.24) is 0 Å². The Morgan fingerprint density at radius 1 is 0.952 bits per heavy atom. The van der Waals surface area contributed by atoms with E-state index in [1.54, 1.807) is 0 Å². The van der Waals surface area contributed by atoms with Gasteiger partial charge in [0, 0.05) is 12.2 Å². The molecule has 0 aromatic heterocycles. The third-order valence-corrected chi connectivity index (χ3v) is 3.26. The minimum Gasteiger partial charge on any atom is -0.463 e. The third kappa shape index (κ3) is 11.1. The summed E-state index contributed by atoms with van der Waals surface area (Å²) in [7, 11) is 0. The summed E-state index contributed by atoms with van der Waals surface area (Å²) in [6.45, 7) is 8.53. The van der Waals surface area contributed by atoms with E-state index in [4.69, 9.17) is 9.47 Å². The van der Waals surface area contributed by atoms with Crippen molar-refractivity contribution in [1.29, 1.82) is 0 Å². The minimum atomic E-state index is -0.490. The van der Waals surface area contributed by atoms with E-state index in [2.05, 4.69) is 6.92 Å². The third-order valence-electron chi connectivity index (χ3n) is 3.26. The van der Waals surface area contributed by atoms with E-state index >= 15 is 0 Å². The zero-order valence-electron chi connectivity index (χ0n) is 13.9. The molecule has 0 saturated carbocycles. The molecule has 0 saturated heterocycles. The Morgan fingerprint density at radius 3 is 2.14 bits per heavy atom. The molecule has 0 N–H and O–H groups in total. The number of unbranched alkanes of at least 4 members (excludes halogenated alkanes) is 4. The van der Waals surface area contributed by atoms with Gasteiger partial charge in [-0.05, 0) is 18.8 Å². The average molecular weight is 298 g/mol. The van der Waals surface area contributed by atoms with Gasteiger partial charge in [0.25, 0.3) is 0 Å². The number of carbonyl (C=O) groups is 2. The van der Waals surface area contributed by atoms with Gasteiger partial charge in [-0.25, -0.2) is 9.59 Å². The molecule has 0 bridgehead atoms. The highest BCUT2D eigenvalue weighted by atomic mass is 16.5. The van der Waals surface area contributed by atoms with Crippen LogP contribution in [-0.4, -0.2) is 24.6 Å². The standard InChI is InChI=1S/C17H30O4/c1-5-7-8-9-10-13-20-16(18)11-12-17(19)21-15(6-2)14(3)4/h11-12,14-15H,5-10,13H2,1-4H3/b12-11+. The second kappa shape index (κ2) is 12.4. The Labute approximate surface area is 128 Å². The smallest absolute Gasteiger partial charge is 0.331 e. The van der Waals surface area contributed by atoms with Crippen LogP contribution in [0.4, 0.5) is 0 Å². The van der Waals surface area contributed by atoms with Gasteiger partial charge in [-0.15, -0.1) is 0 Å². The van der Waals surface area contributed by atoms with Crippen molar-refractivity contribution in [2.75, 3.05) is 6.61 Å². The molecule has 1 unspecified atom stereocenters. The van der Waals surface area contributed by atoms with Crippen LogP contribution < -0.4 is 0 Å². The number of hydrogen-bond donors (Lipinski definition) is 0. The van der Waals surface area contributed by atoms with Gasteiger partial charge < -0.3 is 9.47 Å². The summed E-state index contributed by atoms with van der Waals surface area (Å²) >= 11 is 0. The van der Waals surface area contributed by atoms with E-state index in [9.17, 15) is 9.59 Å². The summed E-state index contributed by atoms with van der Waals surface area (Å²) in [6, 6.07) is 0. The highest BCUT2D eigenvalue weighted by molar-refractivity contribution is 5.91. The predicted molar refractivity (Wildman–Crippen MR) is 83.9 cm³/mol. The molecule has 0 heterocycles. The number of esters is 2. The molecule has 0 aliphatic carbocycles. The maximum Gasteiger partial charge on any atom is 0.331 e. The second-order valence-corrected chi connectivity index (χ2v) is 5.54. The molecule has 0 rings (SSSR count). The highest BCUT2D eigenvalue weighted by Gasteiger charge is 2.14. The van der Waals surface area contributed by atoms with Crippen LogP contribution in [0.2, 0.25) is 0 Å². The maximum atomic E-state index is 11.6. The van der Waals surface area contributed by atoms with Crippen molar-refractivity contribution in [3.63, 3.8) is 0 Å². The van der Waals surface area contributed by atoms with Gasteiger partial charge in [0.05, 0.1) is 6.61 Å². The second-order valence-electron chi connectivity index (χ2n) is 5.54. The molecule has 0 aromatic carbocycles. The zero-order chi connectivity index (χ0) is 16.1. The Balaban J connectivity index is 3.85. The van der Waals surface area contributed by atoms with Crippen LogP contribution in [-0.2, 0) is 19.1 Å². The Hall–Kier alpha value is -1.32. The lowest BCUT2D eigenvalue weighted by molar-refractivity contribution is -0.146. The van der Waals surface area contributed by atoms with Crippen LogP contribution in [0.5, 0.6) is 0 Å². The first kappa shape index (κ1) is 19.7. The lowest BCUT2D eigenvalue weighted by atomic mass is 10.1. The number of carbonyl (C=O) groups excluding carboxylic acids is 2. The molecule has 0 fully saturated rings. The summed E-state index contributed by atoms with van der Waals surface area (Å²) in [5, 5.41) is 0. The van der Waals surface area contributed by atoms with E-state index in [1.165, 1.54) is 19.3 Å². The van der Waals surface area contributed by atoms with Gasteiger partial charge >= 0.3 is 11.9 Å². The average Bonchev–Trinajstić information content (AvgIpc) is 2.45. The summed E-state index contributed by atoms with van der Waals surface area (Å²) < 4.78 is 10.3. The Morgan fingerprint density at radius 2 is 1.57 bits per heavy atom. The lowest BCUT2D eigenvalue weighted by Crippen LogP contribution is -2.21. The van der Waals surface area contributed by atoms with Crippen LogP contribution in [0.25, 0.3) is 0 Å². The predicted octanol–water partition coefficient (Wildman–Crippen LogP) is 4.03. The molecule has 0 radical (unpaired) electrons. The summed E-state index contributed by atoms with van der Waals surface area (Å²) in [4.78, 5) is 23.0. The summed E-state index contributed by atoms with van der Waals surface area (Å²) in [5.74, 6) is -0.710. The van der Waals surface area contributed by atoms with Crippen LogP contribution >= 0.6 is 0 Å². The van der Waals surface area contributed by atoms with Crippen molar-refractivity contribution in [2.24, 2.45) is 5.92 Å². The quantitative estimate of drug-likeness (QED) is 0.328. The number of rotatable bonds is 11. The number of ether oxygens (including phenoxy) is 2. The lowest BCUT2D eigenvalue weighted by Gasteiger charge is -2.18. The van der Waals surface area contributed by atoms with Crippen LogP contribution in [0, 0.1) is 5.92 Å². The molecule has 4 nitrogen and oxygen atoms in total. The van der Waals surface area contributed by atoms with E-state index < -0.39 is 11.9 Å². The van der Waals surface area contributed by atoms with Gasteiger partial charge in [0.15, 0.2) is 0 Å². The first-order valence-electron chi connectivity index (χ1n) is 8.06. The molecule has 122 valence electrons. The Bertz CT molecular complexity index is 321. The molecule has 0 aromatic rings. The van der Waals surface area contributed by atoms with Crippen molar-refractivity contribution in [3.8, 4) is 0 Å². The monoisotopic (exact) mass is 298 g/mol. The molecular formula is C17H30O4. The van der Waals surface area contributed by atoms with Crippen molar-refractivity contribution < 1.29 is 19.1 Å². The van der Waals surface area contributed by atoms with Gasteiger partial charge in [-0.1, -0.05) is 53.4 Å². The minimum absolute atomic E-state index is 0.114. The molecule has 0 spiro atoms. The summed E-state index contributed by atoms with van der Waals surface area (Å²) in [6.07, 6.45) is 8.45. The molecule has 21 heavy (non-hydrogen) atoms. The normalized spacial score (nSPS) is 12.6. The van der Waals surface area contributed by atoms with Crippen LogP contribution in [0.15, 0.2) is 12.2 Å². The first-order chi connectivity index (χ1) is 10.0. The fourth-order valence-electron chi connectivity index (χ4n) is 1.94. The molecule has 0 amide bonds. The molecule has 4 heteroatoms. The number of hydrogen-bond acceptors (Lipinski definition) is 4. The maximum absolute atomic E-state index is 11.6. The van der Waals surface area contributed by atoms with Crippen LogP contribution in [0.3, 0.4) is 0 Å². The van der Waals surface area contributed by atoms with E-state index in [1.807, 2.05) is 20.8 Å². The fraction of sp³-hybridized carbons (Fsp3) is 0.765. The molecule has 0 aliphatic rings. The van der Waals surface area contributed by atoms with E-state index in [0.717, 1.165) is 31.4 Å². The Kier molecular flexibility index (Phi) is 11.6. The highest BCUT2D eigenvalue weighted by Crippen LogP contribution is 2.10. The zero-order valence-corrected chi connectivity index (χ0v) is 13.9. The largest absolute Gasteiger partial charge is 0.463 e. The van der Waals surface area contributed by atoms with E-state index in [-0.39, 0.29) is 12.0 Å². The summed E-state index contributed by atoms with van der Waals surface area (Å²) in [5.41, 5.74) is 0. The van der Waals surface area contributed by atoms with E-state index in [0.29, 0.717) is 6.61 Å². The van der Waals surface area contributed by atoms with Crippen LogP contribution in [0.1, 0.15) is 66.2 Å². The van der Waals surface area contributed by atoms with Gasteiger partial charge in [0.1, 0.15) is 6.10 Å². The van der Waals surface area contributed by atoms with Gasteiger partial charge in [-0.3, -0.25) is 0 Å². The van der Waals surface area contributed by atoms with Crippen molar-refractivity contribution in [3.05, 3.63) is 12.2 Å². The first-order valence-corrected chi connectivity index (χ1v) is 8.06. The molecule has 0 aliphatic heterocycles. The molecular weight excluding hydrogens is 268 g/mol. The SMILES string of the molecule is CCCCCCCOC(=O)/C=C/C(=O)OC(CC)C(C)C. The van der Waals surface area contributed by atoms with Gasteiger partial charge in [-0.2, -0.15) is 0 Å². The van der Waals surface area contributed by atoms with Gasteiger partial charge in [0.2, 0.25) is 0 Å². The fourth-order valence-corrected chi connectivity index (χ4v) is 1.94. The van der Waals surface area contributed by atoms with Crippen molar-refractivity contribution >= 4 is 11.9 Å². The van der Waals surface area contributed by atoms with Crippen molar-refractivity contribution in [2.45, 2.75) is 72.3 Å². The molecule has 1 atom stereocenters. The topological polar surface area (TPSA) is 52.6 Å².